The van der Waals surface area contributed by atoms with Gasteiger partial charge in [-0.05, 0) is 49.7 Å². The largest absolute Gasteiger partial charge is 0.385 e. The lowest BCUT2D eigenvalue weighted by atomic mass is 10.1. The van der Waals surface area contributed by atoms with Crippen LogP contribution in [0.3, 0.4) is 0 Å². The molecule has 2 aromatic carbocycles. The van der Waals surface area contributed by atoms with E-state index in [1.165, 1.54) is 0 Å². The number of ether oxygens (including phenoxy) is 1. The predicted molar refractivity (Wildman–Crippen MR) is 120 cm³/mol. The van der Waals surface area contributed by atoms with E-state index in [-0.39, 0.29) is 11.8 Å². The predicted octanol–water partition coefficient (Wildman–Crippen LogP) is 3.13. The molecule has 32 heavy (non-hydrogen) atoms. The van der Waals surface area contributed by atoms with Crippen molar-refractivity contribution < 1.29 is 18.8 Å². The lowest BCUT2D eigenvalue weighted by Gasteiger charge is -2.16. The Hall–Kier alpha value is -3.52. The smallest absolute Gasteiger partial charge is 0.257 e. The number of carbonyl (C=O) groups excluding carboxylic acids is 2. The van der Waals surface area contributed by atoms with E-state index in [0.29, 0.717) is 49.0 Å². The highest BCUT2D eigenvalue weighted by molar-refractivity contribution is 5.94. The SMILES string of the molecule is COCCCNC(=O)c1ccc(-c2nc(CCN(C)C(=O)c3ccc(C)cc3)no2)cc1. The van der Waals surface area contributed by atoms with E-state index in [2.05, 4.69) is 15.5 Å². The van der Waals surface area contributed by atoms with Crippen LogP contribution in [-0.4, -0.2) is 60.7 Å². The molecule has 0 fully saturated rings. The summed E-state index contributed by atoms with van der Waals surface area (Å²) >= 11 is 0. The van der Waals surface area contributed by atoms with Crippen molar-refractivity contribution in [2.45, 2.75) is 19.8 Å². The summed E-state index contributed by atoms with van der Waals surface area (Å²) in [5, 5.41) is 6.85. The van der Waals surface area contributed by atoms with Gasteiger partial charge in [-0.3, -0.25) is 9.59 Å². The van der Waals surface area contributed by atoms with Crippen LogP contribution in [0.1, 0.15) is 38.5 Å². The summed E-state index contributed by atoms with van der Waals surface area (Å²) in [6.45, 7) is 3.61. The number of hydrogen-bond donors (Lipinski definition) is 1. The van der Waals surface area contributed by atoms with Gasteiger partial charge in [-0.1, -0.05) is 22.9 Å². The van der Waals surface area contributed by atoms with Crippen molar-refractivity contribution in [3.05, 3.63) is 71.0 Å². The van der Waals surface area contributed by atoms with Crippen LogP contribution in [0.4, 0.5) is 0 Å². The molecule has 0 aliphatic rings. The average Bonchev–Trinajstić information content (AvgIpc) is 3.29. The Kier molecular flexibility index (Phi) is 8.10. The second-order valence-electron chi connectivity index (χ2n) is 7.54. The molecule has 8 heteroatoms. The first-order valence-corrected chi connectivity index (χ1v) is 10.5. The second-order valence-corrected chi connectivity index (χ2v) is 7.54. The summed E-state index contributed by atoms with van der Waals surface area (Å²) in [6, 6.07) is 14.5. The fourth-order valence-corrected chi connectivity index (χ4v) is 3.04. The molecule has 0 unspecified atom stereocenters. The summed E-state index contributed by atoms with van der Waals surface area (Å²) in [5.41, 5.74) is 3.04. The van der Waals surface area contributed by atoms with Gasteiger partial charge in [0.05, 0.1) is 0 Å². The van der Waals surface area contributed by atoms with Crippen molar-refractivity contribution in [3.8, 4) is 11.5 Å². The molecule has 1 aromatic heterocycles. The number of methoxy groups -OCH3 is 1. The fourth-order valence-electron chi connectivity index (χ4n) is 3.04. The summed E-state index contributed by atoms with van der Waals surface area (Å²) in [5.74, 6) is 0.702. The lowest BCUT2D eigenvalue weighted by Crippen LogP contribution is -2.29. The Bertz CT molecular complexity index is 1030. The molecular weight excluding hydrogens is 408 g/mol. The number of amides is 2. The second kappa shape index (κ2) is 11.2. The Morgan fingerprint density at radius 2 is 1.75 bits per heavy atom. The number of rotatable bonds is 10. The molecule has 1 heterocycles. The van der Waals surface area contributed by atoms with Crippen molar-refractivity contribution in [1.82, 2.24) is 20.4 Å². The minimum Gasteiger partial charge on any atom is -0.385 e. The number of nitrogens with zero attached hydrogens (tertiary/aromatic N) is 3. The van der Waals surface area contributed by atoms with Crippen LogP contribution in [0.2, 0.25) is 0 Å². The minimum atomic E-state index is -0.139. The number of carbonyl (C=O) groups is 2. The molecule has 3 rings (SSSR count). The molecule has 0 radical (unpaired) electrons. The van der Waals surface area contributed by atoms with Gasteiger partial charge in [-0.15, -0.1) is 0 Å². The first-order valence-electron chi connectivity index (χ1n) is 10.5. The third-order valence-electron chi connectivity index (χ3n) is 4.99. The van der Waals surface area contributed by atoms with Crippen LogP contribution < -0.4 is 5.32 Å². The fraction of sp³-hybridized carbons (Fsp3) is 0.333. The highest BCUT2D eigenvalue weighted by atomic mass is 16.5. The van der Waals surface area contributed by atoms with Crippen LogP contribution in [0.25, 0.3) is 11.5 Å². The van der Waals surface area contributed by atoms with Crippen molar-refractivity contribution in [1.29, 1.82) is 0 Å². The van der Waals surface area contributed by atoms with Crippen molar-refractivity contribution in [2.75, 3.05) is 33.9 Å². The van der Waals surface area contributed by atoms with E-state index in [9.17, 15) is 9.59 Å². The van der Waals surface area contributed by atoms with Crippen LogP contribution in [-0.2, 0) is 11.2 Å². The molecular formula is C24H28N4O4. The highest BCUT2D eigenvalue weighted by Crippen LogP contribution is 2.18. The van der Waals surface area contributed by atoms with Gasteiger partial charge in [0.15, 0.2) is 5.82 Å². The van der Waals surface area contributed by atoms with Crippen LogP contribution in [0.15, 0.2) is 53.1 Å². The van der Waals surface area contributed by atoms with Gasteiger partial charge in [0.1, 0.15) is 0 Å². The van der Waals surface area contributed by atoms with Gasteiger partial charge in [-0.25, -0.2) is 0 Å². The van der Waals surface area contributed by atoms with Crippen molar-refractivity contribution in [3.63, 3.8) is 0 Å². The summed E-state index contributed by atoms with van der Waals surface area (Å²) in [7, 11) is 3.38. The highest BCUT2D eigenvalue weighted by Gasteiger charge is 2.14. The zero-order valence-electron chi connectivity index (χ0n) is 18.6. The summed E-state index contributed by atoms with van der Waals surface area (Å²) < 4.78 is 10.3. The van der Waals surface area contributed by atoms with Gasteiger partial charge in [-0.2, -0.15) is 4.98 Å². The zero-order chi connectivity index (χ0) is 22.9. The maximum absolute atomic E-state index is 12.5. The van der Waals surface area contributed by atoms with E-state index in [1.54, 1.807) is 43.3 Å². The zero-order valence-corrected chi connectivity index (χ0v) is 18.6. The third-order valence-corrected chi connectivity index (χ3v) is 4.99. The van der Waals surface area contributed by atoms with Crippen LogP contribution >= 0.6 is 0 Å². The molecule has 2 amide bonds. The topological polar surface area (TPSA) is 97.6 Å². The quantitative estimate of drug-likeness (QED) is 0.491. The number of likely N-dealkylation sites (N-methyl/N-ethyl adjacent to an activating group) is 1. The monoisotopic (exact) mass is 436 g/mol. The lowest BCUT2D eigenvalue weighted by molar-refractivity contribution is 0.0795. The Labute approximate surface area is 187 Å². The Balaban J connectivity index is 1.53. The third kappa shape index (κ3) is 6.24. The molecule has 168 valence electrons. The van der Waals surface area contributed by atoms with E-state index in [4.69, 9.17) is 9.26 Å². The number of benzene rings is 2. The van der Waals surface area contributed by atoms with Crippen molar-refractivity contribution >= 4 is 11.8 Å². The Morgan fingerprint density at radius 1 is 1.06 bits per heavy atom. The standard InChI is InChI=1S/C24H28N4O4/c1-17-5-7-20(8-6-17)24(30)28(2)15-13-21-26-23(32-27-21)19-11-9-18(10-12-19)22(29)25-14-4-16-31-3/h5-12H,4,13-16H2,1-3H3,(H,25,29). The van der Waals surface area contributed by atoms with E-state index in [1.807, 2.05) is 31.2 Å². The maximum Gasteiger partial charge on any atom is 0.257 e. The molecule has 0 saturated heterocycles. The molecule has 0 aliphatic heterocycles. The minimum absolute atomic E-state index is 0.0511. The summed E-state index contributed by atoms with van der Waals surface area (Å²) in [4.78, 5) is 30.7. The molecule has 0 spiro atoms. The molecule has 0 aliphatic carbocycles. The van der Waals surface area contributed by atoms with Crippen molar-refractivity contribution in [2.24, 2.45) is 0 Å². The van der Waals surface area contributed by atoms with Crippen LogP contribution in [0, 0.1) is 6.92 Å². The number of nitrogens with one attached hydrogen (secondary N) is 1. The van der Waals surface area contributed by atoms with Gasteiger partial charge in [0, 0.05) is 57.0 Å². The van der Waals surface area contributed by atoms with Gasteiger partial charge in [0.2, 0.25) is 0 Å². The molecule has 0 saturated carbocycles. The number of aryl methyl sites for hydroxylation is 1. The average molecular weight is 437 g/mol. The molecule has 1 N–H and O–H groups in total. The van der Waals surface area contributed by atoms with Crippen LogP contribution in [0.5, 0.6) is 0 Å². The van der Waals surface area contributed by atoms with Gasteiger partial charge >= 0.3 is 0 Å². The first kappa shape index (κ1) is 23.1. The molecule has 0 bridgehead atoms. The van der Waals surface area contributed by atoms with E-state index in [0.717, 1.165) is 17.5 Å². The molecule has 0 atom stereocenters. The normalized spacial score (nSPS) is 10.7. The van der Waals surface area contributed by atoms with Gasteiger partial charge < -0.3 is 19.5 Å². The molecule has 3 aromatic rings. The van der Waals surface area contributed by atoms with E-state index >= 15 is 0 Å². The number of aromatic nitrogens is 2. The molecule has 8 nitrogen and oxygen atoms in total. The maximum atomic E-state index is 12.5. The first-order chi connectivity index (χ1) is 15.5. The van der Waals surface area contributed by atoms with Gasteiger partial charge in [0.25, 0.3) is 17.7 Å². The summed E-state index contributed by atoms with van der Waals surface area (Å²) in [6.07, 6.45) is 1.23. The van der Waals surface area contributed by atoms with E-state index < -0.39 is 0 Å². The number of hydrogen-bond acceptors (Lipinski definition) is 6. The Morgan fingerprint density at radius 3 is 2.44 bits per heavy atom.